The topological polar surface area (TPSA) is 25.8 Å². The molecule has 1 aromatic heterocycles. The molecule has 13 heavy (non-hydrogen) atoms. The highest BCUT2D eigenvalue weighted by Crippen LogP contribution is 2.36. The quantitative estimate of drug-likeness (QED) is 0.694. The van der Waals surface area contributed by atoms with Crippen LogP contribution in [0.3, 0.4) is 0 Å². The van der Waals surface area contributed by atoms with Gasteiger partial charge in [-0.05, 0) is 37.8 Å². The number of halogens is 1. The minimum absolute atomic E-state index is 0.261. The first-order valence-corrected chi connectivity index (χ1v) is 5.12. The molecule has 0 spiro atoms. The Bertz CT molecular complexity index is 279. The first-order chi connectivity index (χ1) is 6.25. The van der Waals surface area contributed by atoms with E-state index in [0.29, 0.717) is 0 Å². The Morgan fingerprint density at radius 1 is 1.46 bits per heavy atom. The number of nitrogens with zero attached hydrogens (tertiary/aromatic N) is 2. The van der Waals surface area contributed by atoms with E-state index in [9.17, 15) is 0 Å². The number of aromatic nitrogens is 2. The highest BCUT2D eigenvalue weighted by atomic mass is 35.5. The van der Waals surface area contributed by atoms with Gasteiger partial charge >= 0.3 is 0 Å². The first kappa shape index (κ1) is 8.95. The van der Waals surface area contributed by atoms with Gasteiger partial charge in [0.1, 0.15) is 0 Å². The van der Waals surface area contributed by atoms with E-state index < -0.39 is 0 Å². The van der Waals surface area contributed by atoms with Gasteiger partial charge in [-0.2, -0.15) is 10.2 Å². The van der Waals surface area contributed by atoms with Crippen molar-refractivity contribution in [1.82, 2.24) is 10.2 Å². The summed E-state index contributed by atoms with van der Waals surface area (Å²) in [6.45, 7) is 1.94. The Labute approximate surface area is 83.3 Å². The van der Waals surface area contributed by atoms with E-state index in [4.69, 9.17) is 11.6 Å². The minimum Gasteiger partial charge on any atom is -0.156 e. The van der Waals surface area contributed by atoms with Crippen LogP contribution in [0.4, 0.5) is 0 Å². The van der Waals surface area contributed by atoms with Gasteiger partial charge < -0.3 is 0 Å². The fourth-order valence-corrected chi connectivity index (χ4v) is 1.77. The molecular formula is C10H13ClN2. The molecule has 1 unspecified atom stereocenters. The van der Waals surface area contributed by atoms with Crippen molar-refractivity contribution in [1.29, 1.82) is 0 Å². The van der Waals surface area contributed by atoms with Crippen LogP contribution in [0.2, 0.25) is 0 Å². The third-order valence-corrected chi connectivity index (χ3v) is 2.90. The molecule has 0 radical (unpaired) electrons. The zero-order valence-corrected chi connectivity index (χ0v) is 8.46. The van der Waals surface area contributed by atoms with Gasteiger partial charge in [-0.1, -0.05) is 0 Å². The molecule has 0 saturated heterocycles. The van der Waals surface area contributed by atoms with Crippen molar-refractivity contribution in [2.75, 3.05) is 0 Å². The molecule has 70 valence electrons. The summed E-state index contributed by atoms with van der Waals surface area (Å²) < 4.78 is 0. The van der Waals surface area contributed by atoms with E-state index in [1.54, 1.807) is 0 Å². The van der Waals surface area contributed by atoms with Crippen molar-refractivity contribution in [2.45, 2.75) is 31.6 Å². The second-order valence-corrected chi connectivity index (χ2v) is 4.28. The lowest BCUT2D eigenvalue weighted by molar-refractivity contribution is 0.711. The van der Waals surface area contributed by atoms with Crippen molar-refractivity contribution < 1.29 is 0 Å². The van der Waals surface area contributed by atoms with Crippen LogP contribution in [-0.2, 0) is 6.42 Å². The van der Waals surface area contributed by atoms with Gasteiger partial charge in [-0.3, -0.25) is 0 Å². The van der Waals surface area contributed by atoms with Crippen molar-refractivity contribution in [3.05, 3.63) is 23.5 Å². The predicted molar refractivity (Wildman–Crippen MR) is 52.8 cm³/mol. The van der Waals surface area contributed by atoms with Gasteiger partial charge in [0.05, 0.1) is 11.4 Å². The SMILES string of the molecule is Cc1ccc(CC(Cl)C2CC2)nn1. The maximum absolute atomic E-state index is 6.18. The smallest absolute Gasteiger partial charge is 0.0646 e. The summed E-state index contributed by atoms with van der Waals surface area (Å²) in [6.07, 6.45) is 3.43. The molecule has 0 N–H and O–H groups in total. The maximum atomic E-state index is 6.18. The molecule has 2 nitrogen and oxygen atoms in total. The summed E-state index contributed by atoms with van der Waals surface area (Å²) in [5.41, 5.74) is 1.97. The highest BCUT2D eigenvalue weighted by molar-refractivity contribution is 6.21. The number of alkyl halides is 1. The number of rotatable bonds is 3. The molecule has 0 aliphatic heterocycles. The number of aryl methyl sites for hydroxylation is 1. The van der Waals surface area contributed by atoms with Crippen LogP contribution >= 0.6 is 11.6 Å². The second-order valence-electron chi connectivity index (χ2n) is 3.72. The van der Waals surface area contributed by atoms with Gasteiger partial charge in [-0.15, -0.1) is 11.6 Å². The van der Waals surface area contributed by atoms with E-state index in [1.807, 2.05) is 19.1 Å². The van der Waals surface area contributed by atoms with Crippen LogP contribution in [-0.4, -0.2) is 15.6 Å². The molecule has 3 heteroatoms. The van der Waals surface area contributed by atoms with Crippen LogP contribution in [0.1, 0.15) is 24.2 Å². The second kappa shape index (κ2) is 3.62. The standard InChI is InChI=1S/C10H13ClN2/c1-7-2-5-9(13-12-7)6-10(11)8-3-4-8/h2,5,8,10H,3-4,6H2,1H3. The lowest BCUT2D eigenvalue weighted by Gasteiger charge is -2.05. The first-order valence-electron chi connectivity index (χ1n) is 4.69. The van der Waals surface area contributed by atoms with E-state index >= 15 is 0 Å². The molecule has 2 rings (SSSR count). The predicted octanol–water partition coefficient (Wildman–Crippen LogP) is 2.34. The average Bonchev–Trinajstić information content (AvgIpc) is 2.91. The third kappa shape index (κ3) is 2.41. The molecule has 0 bridgehead atoms. The largest absolute Gasteiger partial charge is 0.156 e. The van der Waals surface area contributed by atoms with Crippen molar-refractivity contribution in [3.8, 4) is 0 Å². The van der Waals surface area contributed by atoms with Crippen molar-refractivity contribution >= 4 is 11.6 Å². The summed E-state index contributed by atoms with van der Waals surface area (Å²) in [7, 11) is 0. The fraction of sp³-hybridized carbons (Fsp3) is 0.600. The minimum atomic E-state index is 0.261. The Balaban J connectivity index is 1.96. The Morgan fingerprint density at radius 3 is 2.77 bits per heavy atom. The molecule has 1 atom stereocenters. The monoisotopic (exact) mass is 196 g/mol. The lowest BCUT2D eigenvalue weighted by atomic mass is 10.1. The summed E-state index contributed by atoms with van der Waals surface area (Å²) in [4.78, 5) is 0. The zero-order valence-electron chi connectivity index (χ0n) is 7.70. The van der Waals surface area contributed by atoms with Crippen LogP contribution < -0.4 is 0 Å². The highest BCUT2D eigenvalue weighted by Gasteiger charge is 2.29. The van der Waals surface area contributed by atoms with Crippen molar-refractivity contribution in [2.24, 2.45) is 5.92 Å². The van der Waals surface area contributed by atoms with Crippen LogP contribution in [0, 0.1) is 12.8 Å². The zero-order chi connectivity index (χ0) is 9.26. The average molecular weight is 197 g/mol. The lowest BCUT2D eigenvalue weighted by Crippen LogP contribution is -2.07. The molecule has 1 aliphatic rings. The van der Waals surface area contributed by atoms with Gasteiger partial charge in [0.2, 0.25) is 0 Å². The summed E-state index contributed by atoms with van der Waals surface area (Å²) in [5, 5.41) is 8.36. The fourth-order valence-electron chi connectivity index (χ4n) is 1.36. The van der Waals surface area contributed by atoms with Crippen LogP contribution in [0.25, 0.3) is 0 Å². The van der Waals surface area contributed by atoms with E-state index in [-0.39, 0.29) is 5.38 Å². The van der Waals surface area contributed by atoms with Crippen LogP contribution in [0.5, 0.6) is 0 Å². The van der Waals surface area contributed by atoms with Gasteiger partial charge in [0.25, 0.3) is 0 Å². The normalized spacial score (nSPS) is 18.6. The third-order valence-electron chi connectivity index (χ3n) is 2.39. The van der Waals surface area contributed by atoms with E-state index in [2.05, 4.69) is 10.2 Å². The molecule has 0 aromatic carbocycles. The van der Waals surface area contributed by atoms with Gasteiger partial charge in [0.15, 0.2) is 0 Å². The van der Waals surface area contributed by atoms with Gasteiger partial charge in [0, 0.05) is 11.8 Å². The molecule has 1 aliphatic carbocycles. The summed E-state index contributed by atoms with van der Waals surface area (Å²) in [5.74, 6) is 0.727. The number of hydrogen-bond acceptors (Lipinski definition) is 2. The summed E-state index contributed by atoms with van der Waals surface area (Å²) >= 11 is 6.18. The van der Waals surface area contributed by atoms with Crippen molar-refractivity contribution in [3.63, 3.8) is 0 Å². The summed E-state index contributed by atoms with van der Waals surface area (Å²) in [6, 6.07) is 4.00. The van der Waals surface area contributed by atoms with E-state index in [1.165, 1.54) is 12.8 Å². The molecule has 1 heterocycles. The molecule has 1 aromatic rings. The molecule has 1 saturated carbocycles. The maximum Gasteiger partial charge on any atom is 0.0646 e. The van der Waals surface area contributed by atoms with Crippen LogP contribution in [0.15, 0.2) is 12.1 Å². The number of hydrogen-bond donors (Lipinski definition) is 0. The van der Waals surface area contributed by atoms with Gasteiger partial charge in [-0.25, -0.2) is 0 Å². The van der Waals surface area contributed by atoms with E-state index in [0.717, 1.165) is 23.7 Å². The molecule has 1 fully saturated rings. The Kier molecular flexibility index (Phi) is 2.49. The molecular weight excluding hydrogens is 184 g/mol. The molecule has 0 amide bonds. The Morgan fingerprint density at radius 2 is 2.23 bits per heavy atom. The Hall–Kier alpha value is -0.630.